The fourth-order valence-electron chi connectivity index (χ4n) is 1.34. The topological polar surface area (TPSA) is 61.0 Å². The van der Waals surface area contributed by atoms with E-state index in [1.807, 2.05) is 32.0 Å². The number of nitrogen functional groups attached to an aromatic ring is 1. The van der Waals surface area contributed by atoms with Crippen molar-refractivity contribution in [2.24, 2.45) is 0 Å². The first-order chi connectivity index (χ1) is 8.08. The van der Waals surface area contributed by atoms with Gasteiger partial charge >= 0.3 is 0 Å². The number of aromatic nitrogens is 2. The number of ether oxygens (including phenoxy) is 1. The van der Waals surface area contributed by atoms with Crippen molar-refractivity contribution in [1.82, 2.24) is 9.97 Å². The highest BCUT2D eigenvalue weighted by Crippen LogP contribution is 2.29. The van der Waals surface area contributed by atoms with E-state index >= 15 is 0 Å². The van der Waals surface area contributed by atoms with Crippen LogP contribution < -0.4 is 10.5 Å². The van der Waals surface area contributed by atoms with E-state index in [-0.39, 0.29) is 0 Å². The summed E-state index contributed by atoms with van der Waals surface area (Å²) in [5.41, 5.74) is 7.48. The maximum Gasteiger partial charge on any atom is 0.227 e. The number of anilines is 1. The van der Waals surface area contributed by atoms with Crippen LogP contribution in [0.3, 0.4) is 0 Å². The number of nitrogens with two attached hydrogens (primary N) is 1. The normalized spacial score (nSPS) is 10.3. The Morgan fingerprint density at radius 2 is 2.00 bits per heavy atom. The van der Waals surface area contributed by atoms with Gasteiger partial charge in [0.25, 0.3) is 0 Å². The zero-order chi connectivity index (χ0) is 12.4. The minimum Gasteiger partial charge on any atom is -0.438 e. The van der Waals surface area contributed by atoms with Gasteiger partial charge in [-0.2, -0.15) is 0 Å². The second-order valence-electron chi connectivity index (χ2n) is 3.70. The van der Waals surface area contributed by atoms with Gasteiger partial charge in [0, 0.05) is 4.47 Å². The van der Waals surface area contributed by atoms with E-state index in [0.29, 0.717) is 11.7 Å². The van der Waals surface area contributed by atoms with Crippen molar-refractivity contribution in [2.45, 2.75) is 13.8 Å². The first kappa shape index (κ1) is 11.9. The van der Waals surface area contributed by atoms with Gasteiger partial charge < -0.3 is 10.5 Å². The van der Waals surface area contributed by atoms with Crippen molar-refractivity contribution >= 4 is 21.7 Å². The van der Waals surface area contributed by atoms with E-state index in [0.717, 1.165) is 21.3 Å². The van der Waals surface area contributed by atoms with Crippen LogP contribution in [-0.4, -0.2) is 9.97 Å². The Morgan fingerprint density at radius 3 is 2.76 bits per heavy atom. The smallest absolute Gasteiger partial charge is 0.227 e. The number of halogens is 1. The van der Waals surface area contributed by atoms with Gasteiger partial charge in [-0.05, 0) is 31.5 Å². The summed E-state index contributed by atoms with van der Waals surface area (Å²) in [6.07, 6.45) is 1.39. The van der Waals surface area contributed by atoms with E-state index in [4.69, 9.17) is 10.5 Å². The molecule has 1 aromatic carbocycles. The zero-order valence-corrected chi connectivity index (χ0v) is 11.2. The number of hydrogen-bond acceptors (Lipinski definition) is 4. The molecule has 1 heterocycles. The van der Waals surface area contributed by atoms with E-state index in [1.165, 1.54) is 6.33 Å². The molecule has 5 heteroatoms. The summed E-state index contributed by atoms with van der Waals surface area (Å²) < 4.78 is 6.70. The Balaban J connectivity index is 2.38. The molecular weight excluding hydrogens is 282 g/mol. The maximum atomic E-state index is 5.74. The Kier molecular flexibility index (Phi) is 3.28. The van der Waals surface area contributed by atoms with Crippen LogP contribution in [0, 0.1) is 13.8 Å². The summed E-state index contributed by atoms with van der Waals surface area (Å²) in [5.74, 6) is 1.67. The van der Waals surface area contributed by atoms with Crippen molar-refractivity contribution in [3.8, 4) is 11.6 Å². The first-order valence-electron chi connectivity index (χ1n) is 5.09. The van der Waals surface area contributed by atoms with E-state index < -0.39 is 0 Å². The number of hydrogen-bond donors (Lipinski definition) is 1. The predicted molar refractivity (Wildman–Crippen MR) is 70.1 cm³/mol. The van der Waals surface area contributed by atoms with Crippen LogP contribution in [-0.2, 0) is 0 Å². The number of aryl methyl sites for hydroxylation is 1. The molecule has 2 aromatic rings. The fraction of sp³-hybridized carbons (Fsp3) is 0.167. The molecule has 0 unspecified atom stereocenters. The summed E-state index contributed by atoms with van der Waals surface area (Å²) in [4.78, 5) is 7.97. The summed E-state index contributed by atoms with van der Waals surface area (Å²) in [6.45, 7) is 3.81. The third-order valence-corrected chi connectivity index (χ3v) is 2.93. The Bertz CT molecular complexity index is 557. The van der Waals surface area contributed by atoms with Crippen molar-refractivity contribution < 1.29 is 4.74 Å². The first-order valence-corrected chi connectivity index (χ1v) is 5.88. The molecule has 0 saturated heterocycles. The molecule has 0 radical (unpaired) electrons. The van der Waals surface area contributed by atoms with Gasteiger partial charge in [0.2, 0.25) is 5.88 Å². The van der Waals surface area contributed by atoms with Crippen LogP contribution in [0.1, 0.15) is 11.1 Å². The van der Waals surface area contributed by atoms with E-state index in [2.05, 4.69) is 25.9 Å². The molecule has 17 heavy (non-hydrogen) atoms. The summed E-state index contributed by atoms with van der Waals surface area (Å²) in [5, 5.41) is 0. The SMILES string of the molecule is Cc1ccc(Br)cc1Oc1ncnc(N)c1C. The van der Waals surface area contributed by atoms with Gasteiger partial charge in [0.15, 0.2) is 0 Å². The summed E-state index contributed by atoms with van der Waals surface area (Å²) in [6, 6.07) is 5.83. The minimum absolute atomic E-state index is 0.433. The molecule has 1 aromatic heterocycles. The Labute approximate surface area is 108 Å². The molecule has 0 fully saturated rings. The lowest BCUT2D eigenvalue weighted by Crippen LogP contribution is -1.99. The molecule has 2 rings (SSSR count). The van der Waals surface area contributed by atoms with Gasteiger partial charge in [-0.25, -0.2) is 9.97 Å². The monoisotopic (exact) mass is 293 g/mol. The summed E-state index contributed by atoms with van der Waals surface area (Å²) >= 11 is 3.41. The fourth-order valence-corrected chi connectivity index (χ4v) is 1.68. The third-order valence-electron chi connectivity index (χ3n) is 2.43. The Hall–Kier alpha value is -1.62. The van der Waals surface area contributed by atoms with Crippen LogP contribution in [0.15, 0.2) is 29.0 Å². The van der Waals surface area contributed by atoms with E-state index in [1.54, 1.807) is 0 Å². The largest absolute Gasteiger partial charge is 0.438 e. The second-order valence-corrected chi connectivity index (χ2v) is 4.62. The highest BCUT2D eigenvalue weighted by Gasteiger charge is 2.08. The van der Waals surface area contributed by atoms with Gasteiger partial charge in [-0.1, -0.05) is 22.0 Å². The molecule has 0 spiro atoms. The van der Waals surface area contributed by atoms with Crippen LogP contribution in [0.25, 0.3) is 0 Å². The maximum absolute atomic E-state index is 5.74. The molecule has 2 N–H and O–H groups in total. The van der Waals surface area contributed by atoms with Crippen molar-refractivity contribution in [2.75, 3.05) is 5.73 Å². The van der Waals surface area contributed by atoms with Gasteiger partial charge in [-0.3, -0.25) is 0 Å². The zero-order valence-electron chi connectivity index (χ0n) is 9.57. The van der Waals surface area contributed by atoms with Crippen LogP contribution in [0.4, 0.5) is 5.82 Å². The highest BCUT2D eigenvalue weighted by atomic mass is 79.9. The number of rotatable bonds is 2. The molecule has 0 aliphatic rings. The molecule has 0 amide bonds. The Morgan fingerprint density at radius 1 is 1.24 bits per heavy atom. The van der Waals surface area contributed by atoms with Crippen molar-refractivity contribution in [1.29, 1.82) is 0 Å². The molecule has 0 atom stereocenters. The van der Waals surface area contributed by atoms with Crippen LogP contribution in [0.2, 0.25) is 0 Å². The van der Waals surface area contributed by atoms with Gasteiger partial charge in [0.05, 0.1) is 5.56 Å². The standard InChI is InChI=1S/C12H12BrN3O/c1-7-3-4-9(13)5-10(7)17-12-8(2)11(14)15-6-16-12/h3-6H,1-2H3,(H2,14,15,16). The lowest BCUT2D eigenvalue weighted by molar-refractivity contribution is 0.454. The molecule has 88 valence electrons. The van der Waals surface area contributed by atoms with Crippen LogP contribution >= 0.6 is 15.9 Å². The lowest BCUT2D eigenvalue weighted by Gasteiger charge is -2.10. The molecule has 4 nitrogen and oxygen atoms in total. The minimum atomic E-state index is 0.433. The predicted octanol–water partition coefficient (Wildman–Crippen LogP) is 3.23. The third kappa shape index (κ3) is 2.55. The molecule has 0 saturated carbocycles. The quantitative estimate of drug-likeness (QED) is 0.923. The van der Waals surface area contributed by atoms with Crippen LogP contribution in [0.5, 0.6) is 11.6 Å². The average Bonchev–Trinajstić information content (AvgIpc) is 2.30. The molecule has 0 bridgehead atoms. The molecular formula is C12H12BrN3O. The molecule has 0 aliphatic heterocycles. The van der Waals surface area contributed by atoms with Gasteiger partial charge in [0.1, 0.15) is 17.9 Å². The van der Waals surface area contributed by atoms with Crippen molar-refractivity contribution in [3.63, 3.8) is 0 Å². The summed E-state index contributed by atoms with van der Waals surface area (Å²) in [7, 11) is 0. The van der Waals surface area contributed by atoms with Gasteiger partial charge in [-0.15, -0.1) is 0 Å². The number of benzene rings is 1. The second kappa shape index (κ2) is 4.71. The highest BCUT2D eigenvalue weighted by molar-refractivity contribution is 9.10. The average molecular weight is 294 g/mol. The number of nitrogens with zero attached hydrogens (tertiary/aromatic N) is 2. The lowest BCUT2D eigenvalue weighted by atomic mass is 10.2. The molecule has 0 aliphatic carbocycles. The van der Waals surface area contributed by atoms with Crippen molar-refractivity contribution in [3.05, 3.63) is 40.1 Å². The van der Waals surface area contributed by atoms with E-state index in [9.17, 15) is 0 Å².